The van der Waals surface area contributed by atoms with Gasteiger partial charge in [-0.1, -0.05) is 24.3 Å². The molecule has 0 amide bonds. The Balaban J connectivity index is 2.11. The highest BCUT2D eigenvalue weighted by Crippen LogP contribution is 2.21. The van der Waals surface area contributed by atoms with Crippen molar-refractivity contribution in [1.29, 1.82) is 0 Å². The van der Waals surface area contributed by atoms with E-state index in [9.17, 15) is 0 Å². The number of hydrogen-bond donors (Lipinski definition) is 1. The van der Waals surface area contributed by atoms with E-state index in [1.54, 1.807) is 7.11 Å². The maximum atomic E-state index is 5.06. The van der Waals surface area contributed by atoms with Crippen LogP contribution in [-0.2, 0) is 17.8 Å². The van der Waals surface area contributed by atoms with Gasteiger partial charge in [-0.2, -0.15) is 0 Å². The number of aryl methyl sites for hydroxylation is 1. The molecule has 20 heavy (non-hydrogen) atoms. The second kappa shape index (κ2) is 7.88. The SMILES string of the molecule is C=CCCCn1ccc2cccc(CNCCOC)c21. The molecule has 0 aliphatic rings. The normalized spacial score (nSPS) is 11.1. The number of benzene rings is 1. The summed E-state index contributed by atoms with van der Waals surface area (Å²) in [6, 6.07) is 8.70. The van der Waals surface area contributed by atoms with Crippen LogP contribution in [0.15, 0.2) is 43.1 Å². The van der Waals surface area contributed by atoms with Crippen molar-refractivity contribution in [2.45, 2.75) is 25.9 Å². The van der Waals surface area contributed by atoms with Crippen molar-refractivity contribution >= 4 is 10.9 Å². The first kappa shape index (κ1) is 14.8. The fourth-order valence-corrected chi connectivity index (χ4v) is 2.47. The Hall–Kier alpha value is -1.58. The zero-order chi connectivity index (χ0) is 14.2. The fourth-order valence-electron chi connectivity index (χ4n) is 2.47. The van der Waals surface area contributed by atoms with Crippen LogP contribution in [-0.4, -0.2) is 24.8 Å². The molecule has 0 fully saturated rings. The summed E-state index contributed by atoms with van der Waals surface area (Å²) in [6.07, 6.45) is 6.37. The second-order valence-corrected chi connectivity index (χ2v) is 4.96. The standard InChI is InChI=1S/C17H24N2O/c1-3-4-5-11-19-12-9-15-7-6-8-16(17(15)19)14-18-10-13-20-2/h3,6-9,12,18H,1,4-5,10-11,13-14H2,2H3. The molecule has 108 valence electrons. The first-order valence-corrected chi connectivity index (χ1v) is 7.24. The first-order valence-electron chi connectivity index (χ1n) is 7.24. The maximum absolute atomic E-state index is 5.06. The van der Waals surface area contributed by atoms with Crippen LogP contribution in [0.1, 0.15) is 18.4 Å². The van der Waals surface area contributed by atoms with Crippen molar-refractivity contribution < 1.29 is 4.74 Å². The molecule has 1 N–H and O–H groups in total. The van der Waals surface area contributed by atoms with Crippen LogP contribution in [0.2, 0.25) is 0 Å². The minimum absolute atomic E-state index is 0.746. The molecule has 3 nitrogen and oxygen atoms in total. The highest BCUT2D eigenvalue weighted by Gasteiger charge is 2.06. The van der Waals surface area contributed by atoms with E-state index in [2.05, 4.69) is 46.9 Å². The lowest BCUT2D eigenvalue weighted by molar-refractivity contribution is 0.199. The van der Waals surface area contributed by atoms with E-state index in [0.29, 0.717) is 0 Å². The van der Waals surface area contributed by atoms with Crippen LogP contribution in [0, 0.1) is 0 Å². The molecule has 0 saturated carbocycles. The van der Waals surface area contributed by atoms with Gasteiger partial charge in [0, 0.05) is 32.9 Å². The average molecular weight is 272 g/mol. The molecule has 1 heterocycles. The van der Waals surface area contributed by atoms with Crippen LogP contribution in [0.5, 0.6) is 0 Å². The topological polar surface area (TPSA) is 26.2 Å². The Morgan fingerprint density at radius 3 is 3.05 bits per heavy atom. The molecule has 3 heteroatoms. The van der Waals surface area contributed by atoms with Gasteiger partial charge in [-0.15, -0.1) is 6.58 Å². The van der Waals surface area contributed by atoms with Crippen molar-refractivity contribution in [3.05, 3.63) is 48.7 Å². The molecule has 0 bridgehead atoms. The fraction of sp³-hybridized carbons (Fsp3) is 0.412. The van der Waals surface area contributed by atoms with E-state index in [4.69, 9.17) is 4.74 Å². The number of unbranched alkanes of at least 4 members (excludes halogenated alkanes) is 1. The second-order valence-electron chi connectivity index (χ2n) is 4.96. The molecule has 0 saturated heterocycles. The Labute approximate surface area is 121 Å². The molecule has 2 rings (SSSR count). The number of para-hydroxylation sites is 1. The molecule has 2 aromatic rings. The lowest BCUT2D eigenvalue weighted by atomic mass is 10.1. The molecule has 0 atom stereocenters. The number of fused-ring (bicyclic) bond motifs is 1. The highest BCUT2D eigenvalue weighted by atomic mass is 16.5. The number of nitrogens with zero attached hydrogens (tertiary/aromatic N) is 1. The van der Waals surface area contributed by atoms with Gasteiger partial charge >= 0.3 is 0 Å². The van der Waals surface area contributed by atoms with Crippen LogP contribution in [0.4, 0.5) is 0 Å². The number of rotatable bonds is 9. The van der Waals surface area contributed by atoms with E-state index in [1.165, 1.54) is 16.5 Å². The highest BCUT2D eigenvalue weighted by molar-refractivity contribution is 5.83. The number of hydrogen-bond acceptors (Lipinski definition) is 2. The summed E-state index contributed by atoms with van der Waals surface area (Å²) in [4.78, 5) is 0. The predicted molar refractivity (Wildman–Crippen MR) is 85.0 cm³/mol. The van der Waals surface area contributed by atoms with E-state index in [-0.39, 0.29) is 0 Å². The zero-order valence-electron chi connectivity index (χ0n) is 12.3. The lowest BCUT2D eigenvalue weighted by Gasteiger charge is -2.10. The van der Waals surface area contributed by atoms with Gasteiger partial charge in [0.1, 0.15) is 0 Å². The zero-order valence-corrected chi connectivity index (χ0v) is 12.3. The van der Waals surface area contributed by atoms with Gasteiger partial charge in [-0.3, -0.25) is 0 Å². The number of ether oxygens (including phenoxy) is 1. The van der Waals surface area contributed by atoms with Crippen molar-refractivity contribution in [3.8, 4) is 0 Å². The van der Waals surface area contributed by atoms with Crippen LogP contribution in [0.25, 0.3) is 10.9 Å². The van der Waals surface area contributed by atoms with Crippen LogP contribution in [0.3, 0.4) is 0 Å². The van der Waals surface area contributed by atoms with Crippen LogP contribution >= 0.6 is 0 Å². The Bertz CT molecular complexity index is 545. The largest absolute Gasteiger partial charge is 0.383 e. The molecule has 0 aliphatic carbocycles. The van der Waals surface area contributed by atoms with Gasteiger partial charge in [0.15, 0.2) is 0 Å². The van der Waals surface area contributed by atoms with Gasteiger partial charge in [0.05, 0.1) is 12.1 Å². The van der Waals surface area contributed by atoms with Gasteiger partial charge < -0.3 is 14.6 Å². The molecule has 0 unspecified atom stereocenters. The van der Waals surface area contributed by atoms with Crippen molar-refractivity contribution in [2.75, 3.05) is 20.3 Å². The summed E-state index contributed by atoms with van der Waals surface area (Å²) in [5.74, 6) is 0. The predicted octanol–water partition coefficient (Wildman–Crippen LogP) is 3.34. The van der Waals surface area contributed by atoms with Crippen molar-refractivity contribution in [3.63, 3.8) is 0 Å². The number of allylic oxidation sites excluding steroid dienone is 1. The summed E-state index contributed by atoms with van der Waals surface area (Å²) in [5, 5.41) is 4.74. The van der Waals surface area contributed by atoms with Gasteiger partial charge in [0.25, 0.3) is 0 Å². The molecular formula is C17H24N2O. The molecule has 0 spiro atoms. The Morgan fingerprint density at radius 2 is 2.25 bits per heavy atom. The third-order valence-corrected chi connectivity index (χ3v) is 3.48. The van der Waals surface area contributed by atoms with Crippen LogP contribution < -0.4 is 5.32 Å². The average Bonchev–Trinajstić information content (AvgIpc) is 2.88. The first-order chi connectivity index (χ1) is 9.86. The molecular weight excluding hydrogens is 248 g/mol. The third-order valence-electron chi connectivity index (χ3n) is 3.48. The third kappa shape index (κ3) is 3.71. The monoisotopic (exact) mass is 272 g/mol. The summed E-state index contributed by atoms with van der Waals surface area (Å²) in [6.45, 7) is 7.34. The van der Waals surface area contributed by atoms with Gasteiger partial charge in [-0.25, -0.2) is 0 Å². The molecule has 0 radical (unpaired) electrons. The Morgan fingerprint density at radius 1 is 1.35 bits per heavy atom. The molecule has 1 aromatic carbocycles. The maximum Gasteiger partial charge on any atom is 0.0587 e. The smallest absolute Gasteiger partial charge is 0.0587 e. The van der Waals surface area contributed by atoms with E-state index in [1.807, 2.05) is 6.08 Å². The number of methoxy groups -OCH3 is 1. The lowest BCUT2D eigenvalue weighted by Crippen LogP contribution is -2.19. The quantitative estimate of drug-likeness (QED) is 0.559. The summed E-state index contributed by atoms with van der Waals surface area (Å²) >= 11 is 0. The minimum Gasteiger partial charge on any atom is -0.383 e. The molecule has 1 aromatic heterocycles. The van der Waals surface area contributed by atoms with Gasteiger partial charge in [0.2, 0.25) is 0 Å². The summed E-state index contributed by atoms with van der Waals surface area (Å²) in [7, 11) is 1.73. The van der Waals surface area contributed by atoms with Crippen molar-refractivity contribution in [1.82, 2.24) is 9.88 Å². The number of nitrogens with one attached hydrogen (secondary N) is 1. The van der Waals surface area contributed by atoms with Gasteiger partial charge in [-0.05, 0) is 29.9 Å². The van der Waals surface area contributed by atoms with E-state index >= 15 is 0 Å². The van der Waals surface area contributed by atoms with E-state index < -0.39 is 0 Å². The van der Waals surface area contributed by atoms with Crippen molar-refractivity contribution in [2.24, 2.45) is 0 Å². The molecule has 0 aliphatic heterocycles. The number of aromatic nitrogens is 1. The minimum atomic E-state index is 0.746. The Kier molecular flexibility index (Phi) is 5.84. The van der Waals surface area contributed by atoms with E-state index in [0.717, 1.165) is 39.1 Å². The summed E-state index contributed by atoms with van der Waals surface area (Å²) in [5.41, 5.74) is 2.70. The summed E-state index contributed by atoms with van der Waals surface area (Å²) < 4.78 is 7.42.